The van der Waals surface area contributed by atoms with E-state index in [9.17, 15) is 0 Å². The van der Waals surface area contributed by atoms with Crippen molar-refractivity contribution in [2.45, 2.75) is 6.61 Å². The molecule has 2 N–H and O–H groups in total. The second-order valence-corrected chi connectivity index (χ2v) is 4.56. The molecule has 1 aromatic heterocycles. The van der Waals surface area contributed by atoms with E-state index in [2.05, 4.69) is 5.48 Å². The summed E-state index contributed by atoms with van der Waals surface area (Å²) in [5, 5.41) is 9.74. The Hall–Kier alpha value is -2.66. The number of furan rings is 1. The summed E-state index contributed by atoms with van der Waals surface area (Å²) in [7, 11) is 1.64. The van der Waals surface area contributed by atoms with E-state index in [1.807, 2.05) is 36.4 Å². The highest BCUT2D eigenvalue weighted by molar-refractivity contribution is 5.90. The molecule has 0 aliphatic carbocycles. The third-order valence-electron chi connectivity index (χ3n) is 3.23. The van der Waals surface area contributed by atoms with Gasteiger partial charge in [0, 0.05) is 11.5 Å². The Morgan fingerprint density at radius 1 is 1.10 bits per heavy atom. The molecule has 1 heterocycles. The molecule has 5 nitrogen and oxygen atoms in total. The Kier molecular flexibility index (Phi) is 3.66. The Morgan fingerprint density at radius 3 is 2.57 bits per heavy atom. The summed E-state index contributed by atoms with van der Waals surface area (Å²) >= 11 is 0. The Balaban J connectivity index is 1.72. The maximum atomic E-state index is 8.94. The van der Waals surface area contributed by atoms with Gasteiger partial charge in [0.25, 0.3) is 0 Å². The van der Waals surface area contributed by atoms with Crippen LogP contribution in [-0.2, 0) is 6.61 Å². The smallest absolute Gasteiger partial charge is 0.139 e. The van der Waals surface area contributed by atoms with Crippen LogP contribution in [0.15, 0.2) is 53.1 Å². The van der Waals surface area contributed by atoms with Gasteiger partial charge in [0.15, 0.2) is 0 Å². The van der Waals surface area contributed by atoms with E-state index in [0.29, 0.717) is 23.6 Å². The van der Waals surface area contributed by atoms with Gasteiger partial charge < -0.3 is 13.9 Å². The van der Waals surface area contributed by atoms with Crippen LogP contribution in [0.3, 0.4) is 0 Å². The SMILES string of the molecule is COc1ccc(COc2ccc3c(NO)coc3c2)cc1. The van der Waals surface area contributed by atoms with Gasteiger partial charge in [-0.1, -0.05) is 12.1 Å². The van der Waals surface area contributed by atoms with Gasteiger partial charge in [0.2, 0.25) is 0 Å². The molecular weight excluding hydrogens is 270 g/mol. The van der Waals surface area contributed by atoms with Crippen LogP contribution in [0.25, 0.3) is 11.0 Å². The molecule has 0 unspecified atom stereocenters. The number of hydrogen-bond donors (Lipinski definition) is 2. The van der Waals surface area contributed by atoms with E-state index in [1.54, 1.807) is 13.2 Å². The molecule has 0 atom stereocenters. The lowest BCUT2D eigenvalue weighted by atomic mass is 10.2. The number of ether oxygens (including phenoxy) is 2. The van der Waals surface area contributed by atoms with Gasteiger partial charge in [-0.25, -0.2) is 0 Å². The lowest BCUT2D eigenvalue weighted by Gasteiger charge is -2.07. The number of methoxy groups -OCH3 is 1. The van der Waals surface area contributed by atoms with E-state index < -0.39 is 0 Å². The average molecular weight is 285 g/mol. The Labute approximate surface area is 121 Å². The molecule has 2 aromatic carbocycles. The average Bonchev–Trinajstić information content (AvgIpc) is 2.95. The number of fused-ring (bicyclic) bond motifs is 1. The molecule has 3 aromatic rings. The highest BCUT2D eigenvalue weighted by Gasteiger charge is 2.06. The molecule has 21 heavy (non-hydrogen) atoms. The first kappa shape index (κ1) is 13.3. The largest absolute Gasteiger partial charge is 0.497 e. The predicted molar refractivity (Wildman–Crippen MR) is 78.9 cm³/mol. The summed E-state index contributed by atoms with van der Waals surface area (Å²) in [6.07, 6.45) is 1.46. The van der Waals surface area contributed by atoms with Crippen LogP contribution in [-0.4, -0.2) is 12.3 Å². The number of rotatable bonds is 5. The second-order valence-electron chi connectivity index (χ2n) is 4.56. The van der Waals surface area contributed by atoms with Crippen molar-refractivity contribution in [1.29, 1.82) is 0 Å². The van der Waals surface area contributed by atoms with Crippen LogP contribution in [0.4, 0.5) is 5.69 Å². The first-order chi connectivity index (χ1) is 10.3. The van der Waals surface area contributed by atoms with Crippen LogP contribution in [0.5, 0.6) is 11.5 Å². The highest BCUT2D eigenvalue weighted by Crippen LogP contribution is 2.29. The van der Waals surface area contributed by atoms with Crippen molar-refractivity contribution in [1.82, 2.24) is 0 Å². The third kappa shape index (κ3) is 2.78. The molecule has 0 fully saturated rings. The van der Waals surface area contributed by atoms with E-state index in [1.165, 1.54) is 6.26 Å². The second kappa shape index (κ2) is 5.76. The quantitative estimate of drug-likeness (QED) is 0.698. The first-order valence-corrected chi connectivity index (χ1v) is 6.47. The summed E-state index contributed by atoms with van der Waals surface area (Å²) in [5.41, 5.74) is 4.33. The highest BCUT2D eigenvalue weighted by atomic mass is 16.5. The van der Waals surface area contributed by atoms with Crippen LogP contribution in [0.2, 0.25) is 0 Å². The van der Waals surface area contributed by atoms with Crippen LogP contribution < -0.4 is 15.0 Å². The van der Waals surface area contributed by atoms with Gasteiger partial charge in [-0.3, -0.25) is 10.7 Å². The molecular formula is C16H15NO4. The molecule has 0 saturated carbocycles. The minimum absolute atomic E-state index is 0.460. The van der Waals surface area contributed by atoms with Crippen molar-refractivity contribution in [3.8, 4) is 11.5 Å². The lowest BCUT2D eigenvalue weighted by Crippen LogP contribution is -1.95. The minimum atomic E-state index is 0.460. The maximum absolute atomic E-state index is 8.94. The van der Waals surface area contributed by atoms with Gasteiger partial charge in [-0.05, 0) is 29.8 Å². The van der Waals surface area contributed by atoms with Gasteiger partial charge in [0.1, 0.15) is 35.6 Å². The van der Waals surface area contributed by atoms with Gasteiger partial charge >= 0.3 is 0 Å². The molecule has 0 radical (unpaired) electrons. The molecule has 5 heteroatoms. The van der Waals surface area contributed by atoms with Crippen LogP contribution in [0, 0.1) is 0 Å². The number of hydrogen-bond acceptors (Lipinski definition) is 5. The number of benzene rings is 2. The van der Waals surface area contributed by atoms with E-state index in [0.717, 1.165) is 16.7 Å². The van der Waals surface area contributed by atoms with Crippen molar-refractivity contribution in [2.75, 3.05) is 12.6 Å². The maximum Gasteiger partial charge on any atom is 0.139 e. The number of nitrogens with one attached hydrogen (secondary N) is 1. The number of anilines is 1. The molecule has 3 rings (SSSR count). The first-order valence-electron chi connectivity index (χ1n) is 6.47. The van der Waals surface area contributed by atoms with Crippen molar-refractivity contribution in [3.05, 3.63) is 54.3 Å². The standard InChI is InChI=1S/C16H15NO4/c1-19-12-4-2-11(3-5-12)9-20-13-6-7-14-15(17-18)10-21-16(14)8-13/h2-8,10,17-18H,9H2,1H3. The van der Waals surface area contributed by atoms with Crippen LogP contribution in [0.1, 0.15) is 5.56 Å². The fourth-order valence-electron chi connectivity index (χ4n) is 2.07. The third-order valence-corrected chi connectivity index (χ3v) is 3.23. The summed E-state index contributed by atoms with van der Waals surface area (Å²) in [6.45, 7) is 0.460. The van der Waals surface area contributed by atoms with E-state index >= 15 is 0 Å². The van der Waals surface area contributed by atoms with Gasteiger partial charge in [-0.2, -0.15) is 0 Å². The zero-order valence-corrected chi connectivity index (χ0v) is 11.5. The van der Waals surface area contributed by atoms with Crippen molar-refractivity contribution in [2.24, 2.45) is 0 Å². The van der Waals surface area contributed by atoms with Crippen molar-refractivity contribution >= 4 is 16.7 Å². The Morgan fingerprint density at radius 2 is 1.86 bits per heavy atom. The zero-order chi connectivity index (χ0) is 14.7. The topological polar surface area (TPSA) is 63.9 Å². The molecule has 108 valence electrons. The summed E-state index contributed by atoms with van der Waals surface area (Å²) < 4.78 is 16.2. The van der Waals surface area contributed by atoms with E-state index in [-0.39, 0.29) is 0 Å². The van der Waals surface area contributed by atoms with E-state index in [4.69, 9.17) is 19.1 Å². The molecule has 0 spiro atoms. The molecule has 0 aliphatic heterocycles. The zero-order valence-electron chi connectivity index (χ0n) is 11.5. The summed E-state index contributed by atoms with van der Waals surface area (Å²) in [5.74, 6) is 1.52. The molecule has 0 amide bonds. The summed E-state index contributed by atoms with van der Waals surface area (Å²) in [6, 6.07) is 13.2. The van der Waals surface area contributed by atoms with Gasteiger partial charge in [0.05, 0.1) is 7.11 Å². The molecule has 0 saturated heterocycles. The normalized spacial score (nSPS) is 10.6. The lowest BCUT2D eigenvalue weighted by molar-refractivity contribution is 0.306. The molecule has 0 aliphatic rings. The predicted octanol–water partition coefficient (Wildman–Crippen LogP) is 3.82. The monoisotopic (exact) mass is 285 g/mol. The van der Waals surface area contributed by atoms with Gasteiger partial charge in [-0.15, -0.1) is 0 Å². The summed E-state index contributed by atoms with van der Waals surface area (Å²) in [4.78, 5) is 0. The Bertz CT molecular complexity index is 734. The minimum Gasteiger partial charge on any atom is -0.497 e. The van der Waals surface area contributed by atoms with Crippen molar-refractivity contribution in [3.63, 3.8) is 0 Å². The molecule has 0 bridgehead atoms. The van der Waals surface area contributed by atoms with Crippen LogP contribution >= 0.6 is 0 Å². The fraction of sp³-hybridized carbons (Fsp3) is 0.125. The fourth-order valence-corrected chi connectivity index (χ4v) is 2.07. The van der Waals surface area contributed by atoms with Crippen molar-refractivity contribution < 1.29 is 19.1 Å².